The number of thioether (sulfide) groups is 1. The van der Waals surface area contributed by atoms with E-state index in [-0.39, 0.29) is 0 Å². The minimum Gasteiger partial charge on any atom is -0.385 e. The summed E-state index contributed by atoms with van der Waals surface area (Å²) in [7, 11) is 1.75. The predicted molar refractivity (Wildman–Crippen MR) is 73.5 cm³/mol. The van der Waals surface area contributed by atoms with Gasteiger partial charge in [-0.2, -0.15) is 11.8 Å². The van der Waals surface area contributed by atoms with Crippen LogP contribution in [0.1, 0.15) is 12.0 Å². The molecule has 16 heavy (non-hydrogen) atoms. The summed E-state index contributed by atoms with van der Waals surface area (Å²) in [6.07, 6.45) is 1.14. The smallest absolute Gasteiger partial charge is 0.0470 e. The van der Waals surface area contributed by atoms with Crippen molar-refractivity contribution in [2.45, 2.75) is 13.3 Å². The molecule has 0 radical (unpaired) electrons. The first-order valence-corrected chi connectivity index (χ1v) is 6.85. The molecule has 0 aliphatic rings. The zero-order valence-corrected chi connectivity index (χ0v) is 11.0. The summed E-state index contributed by atoms with van der Waals surface area (Å²) >= 11 is 1.97. The Balaban J connectivity index is 2.01. The van der Waals surface area contributed by atoms with Crippen LogP contribution >= 0.6 is 11.8 Å². The Morgan fingerprint density at radius 3 is 2.62 bits per heavy atom. The number of rotatable bonds is 8. The summed E-state index contributed by atoms with van der Waals surface area (Å²) in [6.45, 7) is 4.01. The molecule has 0 saturated carbocycles. The number of hydrogen-bond acceptors (Lipinski definition) is 3. The molecule has 1 N–H and O–H groups in total. The molecule has 0 aliphatic heterocycles. The standard InChI is InChI=1S/C13H21NOS/c1-12-4-6-13(7-5-12)14-8-11-16-10-3-9-15-2/h4-7,14H,3,8-11H2,1-2H3. The molecule has 0 amide bonds. The quantitative estimate of drug-likeness (QED) is 0.704. The average Bonchev–Trinajstić information content (AvgIpc) is 2.30. The highest BCUT2D eigenvalue weighted by atomic mass is 32.2. The molecule has 3 heteroatoms. The molecule has 0 fully saturated rings. The summed E-state index contributed by atoms with van der Waals surface area (Å²) in [5.41, 5.74) is 2.52. The first-order chi connectivity index (χ1) is 7.83. The number of nitrogens with one attached hydrogen (secondary N) is 1. The van der Waals surface area contributed by atoms with Gasteiger partial charge in [0.1, 0.15) is 0 Å². The van der Waals surface area contributed by atoms with Crippen molar-refractivity contribution in [1.29, 1.82) is 0 Å². The Morgan fingerprint density at radius 1 is 1.19 bits per heavy atom. The summed E-state index contributed by atoms with van der Waals surface area (Å²) in [6, 6.07) is 8.53. The van der Waals surface area contributed by atoms with Crippen LogP contribution in [0, 0.1) is 6.92 Å². The van der Waals surface area contributed by atoms with E-state index in [1.165, 1.54) is 17.0 Å². The van der Waals surface area contributed by atoms with E-state index in [9.17, 15) is 0 Å². The van der Waals surface area contributed by atoms with Gasteiger partial charge in [-0.05, 0) is 31.2 Å². The van der Waals surface area contributed by atoms with E-state index in [1.807, 2.05) is 11.8 Å². The van der Waals surface area contributed by atoms with Gasteiger partial charge in [0.25, 0.3) is 0 Å². The monoisotopic (exact) mass is 239 g/mol. The number of ether oxygens (including phenoxy) is 1. The Kier molecular flexibility index (Phi) is 7.10. The zero-order valence-electron chi connectivity index (χ0n) is 10.2. The third-order valence-corrected chi connectivity index (χ3v) is 3.33. The largest absolute Gasteiger partial charge is 0.385 e. The van der Waals surface area contributed by atoms with Crippen LogP contribution in [0.15, 0.2) is 24.3 Å². The zero-order chi connectivity index (χ0) is 11.6. The minimum atomic E-state index is 0.873. The lowest BCUT2D eigenvalue weighted by atomic mass is 10.2. The fourth-order valence-electron chi connectivity index (χ4n) is 1.35. The predicted octanol–water partition coefficient (Wildman–Crippen LogP) is 3.18. The third-order valence-electron chi connectivity index (χ3n) is 2.26. The van der Waals surface area contributed by atoms with E-state index in [0.717, 1.165) is 25.3 Å². The molecule has 1 rings (SSSR count). The molecule has 0 unspecified atom stereocenters. The summed E-state index contributed by atoms with van der Waals surface area (Å²) in [4.78, 5) is 0. The maximum Gasteiger partial charge on any atom is 0.0470 e. The van der Waals surface area contributed by atoms with Crippen molar-refractivity contribution in [2.75, 3.05) is 37.1 Å². The lowest BCUT2D eigenvalue weighted by molar-refractivity contribution is 0.200. The Labute approximate surface area is 103 Å². The molecule has 0 saturated heterocycles. The Morgan fingerprint density at radius 2 is 1.94 bits per heavy atom. The maximum absolute atomic E-state index is 5.00. The number of anilines is 1. The molecule has 0 heterocycles. The summed E-state index contributed by atoms with van der Waals surface area (Å²) < 4.78 is 5.00. The molecule has 0 bridgehead atoms. The van der Waals surface area contributed by atoms with Crippen molar-refractivity contribution >= 4 is 17.4 Å². The van der Waals surface area contributed by atoms with E-state index in [0.29, 0.717) is 0 Å². The number of aryl methyl sites for hydroxylation is 1. The number of methoxy groups -OCH3 is 1. The highest BCUT2D eigenvalue weighted by Crippen LogP contribution is 2.09. The molecule has 2 nitrogen and oxygen atoms in total. The van der Waals surface area contributed by atoms with E-state index < -0.39 is 0 Å². The molecule has 0 spiro atoms. The third kappa shape index (κ3) is 6.03. The van der Waals surface area contributed by atoms with E-state index >= 15 is 0 Å². The highest BCUT2D eigenvalue weighted by Gasteiger charge is 1.92. The van der Waals surface area contributed by atoms with Crippen molar-refractivity contribution in [2.24, 2.45) is 0 Å². The average molecular weight is 239 g/mol. The van der Waals surface area contributed by atoms with E-state index in [1.54, 1.807) is 7.11 Å². The molecule has 1 aromatic rings. The van der Waals surface area contributed by atoms with Gasteiger partial charge < -0.3 is 10.1 Å². The van der Waals surface area contributed by atoms with Crippen LogP contribution in [0.3, 0.4) is 0 Å². The highest BCUT2D eigenvalue weighted by molar-refractivity contribution is 7.99. The van der Waals surface area contributed by atoms with Gasteiger partial charge in [-0.1, -0.05) is 17.7 Å². The van der Waals surface area contributed by atoms with Gasteiger partial charge in [0.2, 0.25) is 0 Å². The second-order valence-electron chi connectivity index (χ2n) is 3.75. The van der Waals surface area contributed by atoms with Gasteiger partial charge >= 0.3 is 0 Å². The number of benzene rings is 1. The van der Waals surface area contributed by atoms with Crippen molar-refractivity contribution in [3.05, 3.63) is 29.8 Å². The van der Waals surface area contributed by atoms with Gasteiger partial charge in [-0.3, -0.25) is 0 Å². The van der Waals surface area contributed by atoms with Crippen LogP contribution in [-0.2, 0) is 4.74 Å². The van der Waals surface area contributed by atoms with Crippen LogP contribution < -0.4 is 5.32 Å². The fourth-order valence-corrected chi connectivity index (χ4v) is 2.12. The lowest BCUT2D eigenvalue weighted by Gasteiger charge is -2.06. The summed E-state index contributed by atoms with van der Waals surface area (Å²) in [5.74, 6) is 2.33. The number of hydrogen-bond donors (Lipinski definition) is 1. The molecular weight excluding hydrogens is 218 g/mol. The van der Waals surface area contributed by atoms with Crippen LogP contribution in [0.2, 0.25) is 0 Å². The van der Waals surface area contributed by atoms with Crippen LogP contribution in [0.25, 0.3) is 0 Å². The molecular formula is C13H21NOS. The van der Waals surface area contributed by atoms with Crippen LogP contribution in [-0.4, -0.2) is 31.8 Å². The van der Waals surface area contributed by atoms with Crippen LogP contribution in [0.5, 0.6) is 0 Å². The van der Waals surface area contributed by atoms with E-state index in [4.69, 9.17) is 4.74 Å². The molecule has 1 aromatic carbocycles. The van der Waals surface area contributed by atoms with Gasteiger partial charge in [-0.15, -0.1) is 0 Å². The van der Waals surface area contributed by atoms with Crippen LogP contribution in [0.4, 0.5) is 5.69 Å². The Hall–Kier alpha value is -0.670. The van der Waals surface area contributed by atoms with Crippen molar-refractivity contribution in [3.63, 3.8) is 0 Å². The van der Waals surface area contributed by atoms with Gasteiger partial charge in [0.15, 0.2) is 0 Å². The summed E-state index contributed by atoms with van der Waals surface area (Å²) in [5, 5.41) is 3.41. The minimum absolute atomic E-state index is 0.873. The van der Waals surface area contributed by atoms with Crippen molar-refractivity contribution < 1.29 is 4.74 Å². The maximum atomic E-state index is 5.00. The van der Waals surface area contributed by atoms with E-state index in [2.05, 4.69) is 36.5 Å². The molecule has 90 valence electrons. The van der Waals surface area contributed by atoms with Crippen molar-refractivity contribution in [1.82, 2.24) is 0 Å². The lowest BCUT2D eigenvalue weighted by Crippen LogP contribution is -2.04. The second-order valence-corrected chi connectivity index (χ2v) is 4.98. The molecule has 0 atom stereocenters. The first kappa shape index (κ1) is 13.4. The van der Waals surface area contributed by atoms with Gasteiger partial charge in [-0.25, -0.2) is 0 Å². The topological polar surface area (TPSA) is 21.3 Å². The molecule has 0 aromatic heterocycles. The van der Waals surface area contributed by atoms with Crippen molar-refractivity contribution in [3.8, 4) is 0 Å². The SMILES string of the molecule is COCCCSCCNc1ccc(C)cc1. The first-order valence-electron chi connectivity index (χ1n) is 5.70. The second kappa shape index (κ2) is 8.48. The van der Waals surface area contributed by atoms with Gasteiger partial charge in [0, 0.05) is 31.7 Å². The normalized spacial score (nSPS) is 10.4. The van der Waals surface area contributed by atoms with Gasteiger partial charge in [0.05, 0.1) is 0 Å². The Bertz CT molecular complexity index is 274. The molecule has 0 aliphatic carbocycles. The fraction of sp³-hybridized carbons (Fsp3) is 0.538.